The van der Waals surface area contributed by atoms with Crippen molar-refractivity contribution in [3.63, 3.8) is 0 Å². The fourth-order valence-corrected chi connectivity index (χ4v) is 9.91. The van der Waals surface area contributed by atoms with Crippen LogP contribution in [0.4, 0.5) is 22.7 Å². The fourth-order valence-electron chi connectivity index (χ4n) is 9.91. The molecule has 6 rings (SSSR count). The monoisotopic (exact) mass is 1350 g/mol. The van der Waals surface area contributed by atoms with Crippen molar-refractivity contribution in [3.8, 4) is 23.0 Å². The van der Waals surface area contributed by atoms with E-state index in [0.29, 0.717) is 5.56 Å². The van der Waals surface area contributed by atoms with Crippen LogP contribution in [0.1, 0.15) is 92.4 Å². The molecule has 24 N–H and O–H groups in total. The number of para-hydroxylation sites is 1. The molecule has 0 aliphatic heterocycles. The highest BCUT2D eigenvalue weighted by molar-refractivity contribution is 6.08. The Hall–Kier alpha value is -12.7. The van der Waals surface area contributed by atoms with Crippen molar-refractivity contribution >= 4 is 111 Å². The van der Waals surface area contributed by atoms with Gasteiger partial charge in [0.1, 0.15) is 47.2 Å². The lowest BCUT2D eigenvalue weighted by Crippen LogP contribution is -2.46. The van der Waals surface area contributed by atoms with Crippen molar-refractivity contribution in [1.82, 2.24) is 42.2 Å². The lowest BCUT2D eigenvalue weighted by Gasteiger charge is -2.22. The molecule has 6 aromatic rings. The zero-order valence-corrected chi connectivity index (χ0v) is 53.9. The van der Waals surface area contributed by atoms with Gasteiger partial charge in [0.05, 0.1) is 43.6 Å². The number of rotatable bonds is 36. The van der Waals surface area contributed by atoms with Crippen LogP contribution in [-0.2, 0) is 35.2 Å². The van der Waals surface area contributed by atoms with Gasteiger partial charge in [-0.1, -0.05) is 18.2 Å². The minimum Gasteiger partial charge on any atom is -0.496 e. The third kappa shape index (κ3) is 22.3. The summed E-state index contributed by atoms with van der Waals surface area (Å²) in [6.45, 7) is 0.620. The molecule has 5 aromatic carbocycles. The number of carboxylic acids is 1. The number of aromatic nitrogens is 1. The van der Waals surface area contributed by atoms with Crippen LogP contribution in [0.25, 0.3) is 10.9 Å². The summed E-state index contributed by atoms with van der Waals surface area (Å²) in [4.78, 5) is 139. The number of anilines is 4. The Morgan fingerprint density at radius 2 is 0.827 bits per heavy atom. The van der Waals surface area contributed by atoms with E-state index >= 15 is 0 Å². The van der Waals surface area contributed by atoms with E-state index in [0.717, 1.165) is 17.0 Å². The van der Waals surface area contributed by atoms with Gasteiger partial charge in [-0.15, -0.1) is 0 Å². The maximum Gasteiger partial charge on any atom is 0.341 e. The van der Waals surface area contributed by atoms with Gasteiger partial charge in [-0.25, -0.2) is 4.79 Å². The van der Waals surface area contributed by atoms with Gasteiger partial charge in [0.15, 0.2) is 24.5 Å². The third-order valence-electron chi connectivity index (χ3n) is 14.6. The molecule has 0 radical (unpaired) electrons. The normalized spacial score (nSPS) is 11.9. The van der Waals surface area contributed by atoms with E-state index in [1.807, 2.05) is 24.3 Å². The first-order valence-corrected chi connectivity index (χ1v) is 30.3. The maximum atomic E-state index is 14.5. The summed E-state index contributed by atoms with van der Waals surface area (Å²) in [5, 5.41) is 62.3. The van der Waals surface area contributed by atoms with E-state index < -0.39 is 89.9 Å². The van der Waals surface area contributed by atoms with E-state index in [2.05, 4.69) is 63.5 Å². The molecule has 0 fully saturated rings. The number of nitrogens with one attached hydrogen (secondary N) is 15. The second-order valence-corrected chi connectivity index (χ2v) is 21.8. The number of primary amides is 1. The van der Waals surface area contributed by atoms with Gasteiger partial charge in [0.25, 0.3) is 23.6 Å². The topological polar surface area (TPSA) is 552 Å². The number of hydrogen-bond acceptors (Lipinski definition) is 17. The lowest BCUT2D eigenvalue weighted by atomic mass is 10.0. The zero-order chi connectivity index (χ0) is 71.6. The number of aliphatic carboxylic acids is 1. The first kappa shape index (κ1) is 74.4. The molecule has 1 heterocycles. The number of fused-ring (bicyclic) bond motifs is 1. The predicted octanol–water partition coefficient (Wildman–Crippen LogP) is 1.44. The molecular weight excluding hydrogens is 1270 g/mol. The van der Waals surface area contributed by atoms with Crippen LogP contribution in [0.2, 0.25) is 0 Å². The number of methoxy groups -OCH3 is 3. The molecule has 98 heavy (non-hydrogen) atoms. The number of guanidine groups is 3. The van der Waals surface area contributed by atoms with E-state index in [-0.39, 0.29) is 150 Å². The van der Waals surface area contributed by atoms with Crippen molar-refractivity contribution in [2.75, 3.05) is 68.8 Å². The number of aromatic amines is 1. The maximum absolute atomic E-state index is 14.5. The molecule has 1 aromatic heterocycles. The first-order valence-electron chi connectivity index (χ1n) is 30.3. The second kappa shape index (κ2) is 36.1. The van der Waals surface area contributed by atoms with Crippen molar-refractivity contribution in [2.45, 2.75) is 76.0 Å². The summed E-state index contributed by atoms with van der Waals surface area (Å²) in [5.41, 5.74) is 23.3. The number of carboxylic acid groups (broad SMARTS) is 1. The molecular formula is C64H79N19O15. The van der Waals surface area contributed by atoms with E-state index in [1.54, 1.807) is 6.20 Å². The van der Waals surface area contributed by atoms with Crippen LogP contribution in [0.15, 0.2) is 103 Å². The SMILES string of the molecule is COc1ccc(NC(=O)[C@H](CCCNC(=N)N)NC(=O)c2cc(NC(=O)[C@H](CCCNC(=N)N)NC(=O)c3cc(NC(=O)[C@H](CCCNC(=N)N)NC(=O)c4cc(NC(C)=O)ccc4OC)ccc3OC)ccc2OCC(=O)O)cc1C(=O)N[C@@H](Cc1c[nH]c2ccccc12)C(N)=O. The number of H-pyrrole nitrogens is 1. The predicted molar refractivity (Wildman–Crippen MR) is 362 cm³/mol. The van der Waals surface area contributed by atoms with Gasteiger partial charge in [-0.2, -0.15) is 0 Å². The Bertz CT molecular complexity index is 3970. The molecule has 0 aliphatic carbocycles. The van der Waals surface area contributed by atoms with Gasteiger partial charge in [0.2, 0.25) is 29.5 Å². The van der Waals surface area contributed by atoms with Gasteiger partial charge in [0, 0.05) is 72.8 Å². The van der Waals surface area contributed by atoms with Gasteiger partial charge >= 0.3 is 5.97 Å². The minimum absolute atomic E-state index is 0.00188. The number of carbonyl (C=O) groups excluding carboxylic acids is 9. The third-order valence-corrected chi connectivity index (χ3v) is 14.6. The van der Waals surface area contributed by atoms with Gasteiger partial charge in [-0.3, -0.25) is 59.4 Å². The van der Waals surface area contributed by atoms with Crippen LogP contribution in [0, 0.1) is 16.2 Å². The smallest absolute Gasteiger partial charge is 0.341 e. The molecule has 0 unspecified atom stereocenters. The van der Waals surface area contributed by atoms with Crippen LogP contribution in [-0.4, -0.2) is 159 Å². The number of benzene rings is 5. The van der Waals surface area contributed by atoms with Crippen LogP contribution in [0.5, 0.6) is 23.0 Å². The first-order chi connectivity index (χ1) is 46.8. The molecule has 0 bridgehead atoms. The quantitative estimate of drug-likeness (QED) is 0.0150. The van der Waals surface area contributed by atoms with Crippen molar-refractivity contribution in [2.24, 2.45) is 22.9 Å². The number of hydrogen-bond donors (Lipinski definition) is 20. The Balaban J connectivity index is 1.24. The van der Waals surface area contributed by atoms with E-state index in [4.69, 9.17) is 58.1 Å². The molecule has 0 aliphatic rings. The summed E-state index contributed by atoms with van der Waals surface area (Å²) in [6.07, 6.45) is 1.96. The molecule has 9 amide bonds. The number of carbonyl (C=O) groups is 10. The Morgan fingerprint density at radius 1 is 0.480 bits per heavy atom. The molecule has 520 valence electrons. The van der Waals surface area contributed by atoms with Crippen LogP contribution in [0.3, 0.4) is 0 Å². The fraction of sp³-hybridized carbons (Fsp3) is 0.297. The zero-order valence-electron chi connectivity index (χ0n) is 53.9. The van der Waals surface area contributed by atoms with Crippen molar-refractivity contribution < 1.29 is 72.0 Å². The molecule has 0 saturated heterocycles. The number of ether oxygens (including phenoxy) is 4. The number of nitrogens with two attached hydrogens (primary N) is 4. The Kier molecular flexibility index (Phi) is 27.4. The van der Waals surface area contributed by atoms with E-state index in [9.17, 15) is 53.1 Å². The van der Waals surface area contributed by atoms with Crippen molar-refractivity contribution in [3.05, 3.63) is 131 Å². The molecule has 34 nitrogen and oxygen atoms in total. The Labute approximate surface area is 561 Å². The highest BCUT2D eigenvalue weighted by Gasteiger charge is 2.30. The Morgan fingerprint density at radius 3 is 1.17 bits per heavy atom. The van der Waals surface area contributed by atoms with Gasteiger partial charge < -0.3 is 110 Å². The van der Waals surface area contributed by atoms with Crippen LogP contribution >= 0.6 is 0 Å². The van der Waals surface area contributed by atoms with E-state index in [1.165, 1.54) is 95.0 Å². The highest BCUT2D eigenvalue weighted by atomic mass is 16.5. The molecule has 0 spiro atoms. The summed E-state index contributed by atoms with van der Waals surface area (Å²) in [6, 6.07) is 18.1. The highest BCUT2D eigenvalue weighted by Crippen LogP contribution is 2.29. The lowest BCUT2D eigenvalue weighted by molar-refractivity contribution is -0.139. The summed E-state index contributed by atoms with van der Waals surface area (Å²) >= 11 is 0. The van der Waals surface area contributed by atoms with Gasteiger partial charge in [-0.05, 0) is 123 Å². The molecule has 0 saturated carbocycles. The standard InChI is InChI=1S/C64H79N19O15/c1-33(84)76-35-15-19-49(95-2)40(27-35)55(88)80-45(12-7-23-72-62(66)67)59(92)77-36-16-20-50(96-3)41(28-36)56(89)81-46(13-8-24-73-63(68)69)60(93)79-38-18-22-52(98-32-53(85)86)43(30-38)58(91)82-47(14-9-25-74-64(70)71)61(94)78-37-17-21-51(97-4)42(29-37)57(90)83-48(54(65)87)26-34-31-75-44-11-6-5-10-39(34)44/h5-6,10-11,15-22,27-31,45-48,75H,7-9,12-14,23-26,32H2,1-4H3,(H2,65,87)(H,76,84)(H,77,92)(H,78,94)(H,79,93)(H,80,88)(H,81,89)(H,82,91)(H,83,90)(H,85,86)(H4,66,67,72)(H4,68,69,73)(H4,70,71,74)/t45-,46-,47-,48-/m0/s1. The molecule has 34 heteroatoms. The van der Waals surface area contributed by atoms with Crippen molar-refractivity contribution in [1.29, 1.82) is 16.2 Å². The van der Waals surface area contributed by atoms with Crippen LogP contribution < -0.4 is 100 Å². The summed E-state index contributed by atoms with van der Waals surface area (Å²) in [5.74, 6) is -9.77. The molecule has 4 atom stereocenters. The minimum atomic E-state index is -1.43. The summed E-state index contributed by atoms with van der Waals surface area (Å²) < 4.78 is 21.9. The summed E-state index contributed by atoms with van der Waals surface area (Å²) in [7, 11) is 3.91. The second-order valence-electron chi connectivity index (χ2n) is 21.8. The average Bonchev–Trinajstić information content (AvgIpc) is 1.87. The number of amides is 9. The largest absolute Gasteiger partial charge is 0.496 e. The average molecular weight is 1350 g/mol.